The van der Waals surface area contributed by atoms with Crippen molar-refractivity contribution < 1.29 is 19.4 Å². The number of para-hydroxylation sites is 1. The maximum atomic E-state index is 12.3. The number of aliphatic carboxylic acids is 1. The molecular weight excluding hydrogens is 366 g/mol. The van der Waals surface area contributed by atoms with Crippen LogP contribution in [-0.2, 0) is 9.59 Å². The van der Waals surface area contributed by atoms with E-state index in [1.807, 2.05) is 24.3 Å². The predicted octanol–water partition coefficient (Wildman–Crippen LogP) is 3.23. The van der Waals surface area contributed by atoms with Crippen LogP contribution in [0.15, 0.2) is 48.5 Å². The molecule has 2 rings (SSSR count). The van der Waals surface area contributed by atoms with Crippen LogP contribution in [0.4, 0.5) is 0 Å². The molecular formula is C21H23ClNO4-. The summed E-state index contributed by atoms with van der Waals surface area (Å²) < 4.78 is 5.69. The van der Waals surface area contributed by atoms with Crippen molar-refractivity contribution in [2.75, 3.05) is 6.61 Å². The SMILES string of the molecule is CC[C@@H](C)c1ccccc1OCC(=O)N[C@H](CC(=O)[O-])c1ccc(Cl)cc1. The van der Waals surface area contributed by atoms with Crippen LogP contribution in [0.1, 0.15) is 49.8 Å². The summed E-state index contributed by atoms with van der Waals surface area (Å²) in [6, 6.07) is 13.5. The second-order valence-electron chi connectivity index (χ2n) is 6.38. The van der Waals surface area contributed by atoms with Crippen molar-refractivity contribution in [1.82, 2.24) is 5.32 Å². The van der Waals surface area contributed by atoms with E-state index in [0.717, 1.165) is 12.0 Å². The van der Waals surface area contributed by atoms with Gasteiger partial charge in [0.05, 0.1) is 6.04 Å². The lowest BCUT2D eigenvalue weighted by atomic mass is 9.98. The lowest BCUT2D eigenvalue weighted by Gasteiger charge is -2.21. The number of carbonyl (C=O) groups excluding carboxylic acids is 2. The Kier molecular flexibility index (Phi) is 7.67. The molecule has 0 spiro atoms. The zero-order valence-electron chi connectivity index (χ0n) is 15.4. The Morgan fingerprint density at radius 2 is 1.81 bits per heavy atom. The van der Waals surface area contributed by atoms with Gasteiger partial charge < -0.3 is 20.0 Å². The van der Waals surface area contributed by atoms with Gasteiger partial charge in [-0.3, -0.25) is 4.79 Å². The fraction of sp³-hybridized carbons (Fsp3) is 0.333. The van der Waals surface area contributed by atoms with E-state index in [2.05, 4.69) is 19.2 Å². The molecule has 27 heavy (non-hydrogen) atoms. The average Bonchev–Trinajstić information content (AvgIpc) is 2.65. The highest BCUT2D eigenvalue weighted by molar-refractivity contribution is 6.30. The quantitative estimate of drug-likeness (QED) is 0.715. The number of halogens is 1. The molecule has 0 saturated carbocycles. The van der Waals surface area contributed by atoms with E-state index in [1.54, 1.807) is 24.3 Å². The molecule has 0 unspecified atom stereocenters. The van der Waals surface area contributed by atoms with Crippen LogP contribution in [0.5, 0.6) is 5.75 Å². The number of benzene rings is 2. The Hall–Kier alpha value is -2.53. The van der Waals surface area contributed by atoms with Crippen LogP contribution in [-0.4, -0.2) is 18.5 Å². The van der Waals surface area contributed by atoms with Crippen LogP contribution in [0.3, 0.4) is 0 Å². The monoisotopic (exact) mass is 388 g/mol. The second kappa shape index (κ2) is 9.97. The van der Waals surface area contributed by atoms with Crippen molar-refractivity contribution >= 4 is 23.5 Å². The summed E-state index contributed by atoms with van der Waals surface area (Å²) in [5, 5.41) is 14.3. The number of rotatable bonds is 9. The van der Waals surface area contributed by atoms with E-state index in [0.29, 0.717) is 22.3 Å². The van der Waals surface area contributed by atoms with Crippen LogP contribution in [0.25, 0.3) is 0 Å². The fourth-order valence-corrected chi connectivity index (χ4v) is 2.86. The molecule has 1 N–H and O–H groups in total. The van der Waals surface area contributed by atoms with Crippen molar-refractivity contribution in [1.29, 1.82) is 0 Å². The van der Waals surface area contributed by atoms with E-state index in [9.17, 15) is 14.7 Å². The number of nitrogens with one attached hydrogen (secondary N) is 1. The second-order valence-corrected chi connectivity index (χ2v) is 6.82. The minimum Gasteiger partial charge on any atom is -0.550 e. The van der Waals surface area contributed by atoms with Crippen molar-refractivity contribution in [3.63, 3.8) is 0 Å². The standard InChI is InChI=1S/C21H24ClNO4/c1-3-14(2)17-6-4-5-7-19(17)27-13-20(24)23-18(12-21(25)26)15-8-10-16(22)11-9-15/h4-11,14,18H,3,12-13H2,1-2H3,(H,23,24)(H,25,26)/p-1/t14-,18-/m1/s1. The fourth-order valence-electron chi connectivity index (χ4n) is 2.73. The summed E-state index contributed by atoms with van der Waals surface area (Å²) in [5.74, 6) is -0.692. The number of carboxylic acids is 1. The highest BCUT2D eigenvalue weighted by atomic mass is 35.5. The van der Waals surface area contributed by atoms with Gasteiger partial charge in [-0.15, -0.1) is 0 Å². The van der Waals surface area contributed by atoms with Crippen LogP contribution >= 0.6 is 11.6 Å². The lowest BCUT2D eigenvalue weighted by Crippen LogP contribution is -2.36. The molecule has 0 saturated heterocycles. The van der Waals surface area contributed by atoms with Crippen LogP contribution in [0.2, 0.25) is 5.02 Å². The largest absolute Gasteiger partial charge is 0.550 e. The molecule has 0 bridgehead atoms. The Bertz CT molecular complexity index is 776. The van der Waals surface area contributed by atoms with Crippen molar-refractivity contribution in [3.8, 4) is 5.75 Å². The molecule has 2 atom stereocenters. The normalized spacial score (nSPS) is 12.9. The maximum absolute atomic E-state index is 12.3. The Labute approximate surface area is 164 Å². The summed E-state index contributed by atoms with van der Waals surface area (Å²) in [5.41, 5.74) is 1.67. The third-order valence-electron chi connectivity index (χ3n) is 4.40. The van der Waals surface area contributed by atoms with Gasteiger partial charge in [0.1, 0.15) is 5.75 Å². The van der Waals surface area contributed by atoms with Gasteiger partial charge in [-0.1, -0.05) is 55.8 Å². The van der Waals surface area contributed by atoms with Gasteiger partial charge in [-0.2, -0.15) is 0 Å². The molecule has 2 aromatic carbocycles. The lowest BCUT2D eigenvalue weighted by molar-refractivity contribution is -0.306. The van der Waals surface area contributed by atoms with Gasteiger partial charge in [0, 0.05) is 17.4 Å². The van der Waals surface area contributed by atoms with E-state index in [1.165, 1.54) is 0 Å². The molecule has 144 valence electrons. The average molecular weight is 389 g/mol. The van der Waals surface area contributed by atoms with Gasteiger partial charge in [-0.25, -0.2) is 0 Å². The van der Waals surface area contributed by atoms with Gasteiger partial charge in [-0.05, 0) is 41.7 Å². The molecule has 0 aliphatic carbocycles. The molecule has 0 aliphatic heterocycles. The van der Waals surface area contributed by atoms with Crippen molar-refractivity contribution in [2.45, 2.75) is 38.6 Å². The van der Waals surface area contributed by atoms with E-state index in [-0.39, 0.29) is 13.0 Å². The third-order valence-corrected chi connectivity index (χ3v) is 4.65. The summed E-state index contributed by atoms with van der Waals surface area (Å²) in [4.78, 5) is 23.4. The number of carboxylic acid groups (broad SMARTS) is 1. The van der Waals surface area contributed by atoms with E-state index >= 15 is 0 Å². The smallest absolute Gasteiger partial charge is 0.258 e. The molecule has 5 nitrogen and oxygen atoms in total. The molecule has 6 heteroatoms. The van der Waals surface area contributed by atoms with Crippen LogP contribution in [0, 0.1) is 0 Å². The zero-order valence-corrected chi connectivity index (χ0v) is 16.2. The number of hydrogen-bond acceptors (Lipinski definition) is 4. The summed E-state index contributed by atoms with van der Waals surface area (Å²) in [6.45, 7) is 3.98. The minimum atomic E-state index is -1.25. The van der Waals surface area contributed by atoms with E-state index in [4.69, 9.17) is 16.3 Å². The molecule has 0 fully saturated rings. The highest BCUT2D eigenvalue weighted by Gasteiger charge is 2.16. The summed E-state index contributed by atoms with van der Waals surface area (Å²) in [6.07, 6.45) is 0.619. The Balaban J connectivity index is 2.04. The summed E-state index contributed by atoms with van der Waals surface area (Å²) in [7, 11) is 0. The number of amides is 1. The third kappa shape index (κ3) is 6.29. The minimum absolute atomic E-state index is 0.204. The first-order chi connectivity index (χ1) is 12.9. The molecule has 0 heterocycles. The van der Waals surface area contributed by atoms with Gasteiger partial charge >= 0.3 is 0 Å². The molecule has 2 aromatic rings. The Morgan fingerprint density at radius 3 is 2.44 bits per heavy atom. The number of carbonyl (C=O) groups is 2. The first kappa shape index (κ1) is 20.8. The predicted molar refractivity (Wildman–Crippen MR) is 103 cm³/mol. The first-order valence-corrected chi connectivity index (χ1v) is 9.24. The summed E-state index contributed by atoms with van der Waals surface area (Å²) >= 11 is 5.86. The first-order valence-electron chi connectivity index (χ1n) is 8.87. The zero-order chi connectivity index (χ0) is 19.8. The van der Waals surface area contributed by atoms with Crippen LogP contribution < -0.4 is 15.2 Å². The molecule has 0 radical (unpaired) electrons. The number of ether oxygens (including phenoxy) is 1. The topological polar surface area (TPSA) is 78.5 Å². The van der Waals surface area contributed by atoms with E-state index < -0.39 is 17.9 Å². The van der Waals surface area contributed by atoms with Crippen molar-refractivity contribution in [2.24, 2.45) is 0 Å². The molecule has 0 aromatic heterocycles. The molecule has 0 aliphatic rings. The Morgan fingerprint density at radius 1 is 1.15 bits per heavy atom. The highest BCUT2D eigenvalue weighted by Crippen LogP contribution is 2.28. The number of hydrogen-bond donors (Lipinski definition) is 1. The van der Waals surface area contributed by atoms with Gasteiger partial charge in [0.15, 0.2) is 6.61 Å². The van der Waals surface area contributed by atoms with Gasteiger partial charge in [0.25, 0.3) is 5.91 Å². The maximum Gasteiger partial charge on any atom is 0.258 e. The van der Waals surface area contributed by atoms with Gasteiger partial charge in [0.2, 0.25) is 0 Å². The van der Waals surface area contributed by atoms with Crippen molar-refractivity contribution in [3.05, 3.63) is 64.7 Å². The molecule has 1 amide bonds.